The fourth-order valence-corrected chi connectivity index (χ4v) is 4.22. The molecule has 114 valence electrons. The number of aryl methyl sites for hydroxylation is 1. The molecule has 7 nitrogen and oxygen atoms in total. The molecule has 0 aromatic carbocycles. The van der Waals surface area contributed by atoms with Gasteiger partial charge in [-0.2, -0.15) is 0 Å². The standard InChI is InChI=1S/C15H16N4O3/c1-8(20)18-15-4-14(5-15,6-15)10-3-9-11(19(2)13(10)22)16-7-17-12(9)21/h3,7H,4-6H2,1-2H3,(H,18,20)(H,16,17,21). The summed E-state index contributed by atoms with van der Waals surface area (Å²) in [7, 11) is 1.65. The van der Waals surface area contributed by atoms with Crippen molar-refractivity contribution in [3.8, 4) is 5.88 Å². The van der Waals surface area contributed by atoms with Crippen molar-refractivity contribution in [2.24, 2.45) is 7.05 Å². The van der Waals surface area contributed by atoms with Crippen LogP contribution in [-0.2, 0) is 17.3 Å². The number of aromatic hydroxyl groups is 1. The lowest BCUT2D eigenvalue weighted by atomic mass is 9.37. The molecular formula is C15H16N4O3. The zero-order valence-electron chi connectivity index (χ0n) is 12.4. The molecule has 2 N–H and O–H groups in total. The van der Waals surface area contributed by atoms with E-state index < -0.39 is 0 Å². The van der Waals surface area contributed by atoms with Gasteiger partial charge in [0.25, 0.3) is 5.56 Å². The quantitative estimate of drug-likeness (QED) is 0.834. The summed E-state index contributed by atoms with van der Waals surface area (Å²) >= 11 is 0. The van der Waals surface area contributed by atoms with Gasteiger partial charge in [0.1, 0.15) is 12.0 Å². The van der Waals surface area contributed by atoms with E-state index in [2.05, 4.69) is 15.3 Å². The smallest absolute Gasteiger partial charge is 0.255 e. The first-order valence-corrected chi connectivity index (χ1v) is 7.19. The number of amides is 1. The average Bonchev–Trinajstić information content (AvgIpc) is 2.37. The second-order valence-corrected chi connectivity index (χ2v) is 6.63. The Morgan fingerprint density at radius 2 is 2.05 bits per heavy atom. The molecule has 3 aliphatic carbocycles. The fraction of sp³-hybridized carbons (Fsp3) is 0.467. The number of carbonyl (C=O) groups is 1. The molecule has 2 bridgehead atoms. The van der Waals surface area contributed by atoms with Crippen molar-refractivity contribution < 1.29 is 9.90 Å². The number of nitrogens with one attached hydrogen (secondary N) is 1. The summed E-state index contributed by atoms with van der Waals surface area (Å²) in [4.78, 5) is 31.7. The maximum absolute atomic E-state index is 12.6. The van der Waals surface area contributed by atoms with Crippen LogP contribution < -0.4 is 10.9 Å². The summed E-state index contributed by atoms with van der Waals surface area (Å²) in [5.41, 5.74) is 0.681. The number of pyridine rings is 1. The van der Waals surface area contributed by atoms with Gasteiger partial charge in [-0.25, -0.2) is 9.97 Å². The summed E-state index contributed by atoms with van der Waals surface area (Å²) in [6.45, 7) is 1.51. The van der Waals surface area contributed by atoms with Crippen molar-refractivity contribution in [3.63, 3.8) is 0 Å². The van der Waals surface area contributed by atoms with E-state index in [0.717, 1.165) is 19.3 Å². The zero-order chi connectivity index (χ0) is 15.7. The molecule has 0 radical (unpaired) electrons. The van der Waals surface area contributed by atoms with Gasteiger partial charge in [0.2, 0.25) is 11.8 Å². The van der Waals surface area contributed by atoms with Crippen LogP contribution in [0.25, 0.3) is 11.0 Å². The van der Waals surface area contributed by atoms with Gasteiger partial charge < -0.3 is 10.4 Å². The normalized spacial score (nSPS) is 28.8. The summed E-state index contributed by atoms with van der Waals surface area (Å²) < 4.78 is 1.46. The monoisotopic (exact) mass is 300 g/mol. The number of nitrogens with zero attached hydrogens (tertiary/aromatic N) is 3. The lowest BCUT2D eigenvalue weighted by molar-refractivity contribution is -0.136. The van der Waals surface area contributed by atoms with E-state index in [0.29, 0.717) is 16.6 Å². The molecule has 5 rings (SSSR count). The SMILES string of the molecule is CC(=O)NC12CC(c3cc4c(O)ncnc4n(C)c3=O)(C1)C2. The Morgan fingerprint density at radius 1 is 1.36 bits per heavy atom. The number of carbonyl (C=O) groups excluding carboxylic acids is 1. The first-order valence-electron chi connectivity index (χ1n) is 7.19. The third kappa shape index (κ3) is 1.51. The molecule has 2 heterocycles. The lowest BCUT2D eigenvalue weighted by Gasteiger charge is -2.70. The molecule has 0 unspecified atom stereocenters. The van der Waals surface area contributed by atoms with Crippen molar-refractivity contribution in [2.75, 3.05) is 0 Å². The van der Waals surface area contributed by atoms with E-state index in [9.17, 15) is 14.7 Å². The van der Waals surface area contributed by atoms with E-state index in [4.69, 9.17) is 0 Å². The lowest BCUT2D eigenvalue weighted by Crippen LogP contribution is -2.77. The minimum Gasteiger partial charge on any atom is -0.493 e. The van der Waals surface area contributed by atoms with Crippen LogP contribution in [0, 0.1) is 0 Å². The number of hydrogen-bond donors (Lipinski definition) is 2. The molecule has 1 amide bonds. The van der Waals surface area contributed by atoms with Gasteiger partial charge in [-0.1, -0.05) is 0 Å². The van der Waals surface area contributed by atoms with Crippen molar-refractivity contribution in [3.05, 3.63) is 28.3 Å². The predicted octanol–water partition coefficient (Wildman–Crippen LogP) is 0.344. The Morgan fingerprint density at radius 3 is 2.68 bits per heavy atom. The van der Waals surface area contributed by atoms with Crippen molar-refractivity contribution in [1.29, 1.82) is 0 Å². The van der Waals surface area contributed by atoms with Crippen LogP contribution in [0.5, 0.6) is 5.88 Å². The maximum Gasteiger partial charge on any atom is 0.255 e. The van der Waals surface area contributed by atoms with Crippen LogP contribution in [0.15, 0.2) is 17.2 Å². The highest BCUT2D eigenvalue weighted by molar-refractivity contribution is 5.81. The Labute approximate surface area is 126 Å². The molecule has 2 aromatic heterocycles. The second kappa shape index (κ2) is 3.85. The van der Waals surface area contributed by atoms with Gasteiger partial charge >= 0.3 is 0 Å². The fourth-order valence-electron chi connectivity index (χ4n) is 4.22. The number of rotatable bonds is 2. The zero-order valence-corrected chi connectivity index (χ0v) is 12.4. The van der Waals surface area contributed by atoms with E-state index in [1.807, 2.05) is 0 Å². The maximum atomic E-state index is 12.6. The minimum absolute atomic E-state index is 0.0363. The molecule has 0 spiro atoms. The largest absolute Gasteiger partial charge is 0.493 e. The summed E-state index contributed by atoms with van der Waals surface area (Å²) in [5.74, 6) is -0.157. The van der Waals surface area contributed by atoms with Gasteiger partial charge in [0.15, 0.2) is 0 Å². The van der Waals surface area contributed by atoms with Crippen LogP contribution in [-0.4, -0.2) is 31.1 Å². The van der Waals surface area contributed by atoms with Gasteiger partial charge in [-0.3, -0.25) is 14.2 Å². The van der Waals surface area contributed by atoms with Gasteiger partial charge in [0.05, 0.1) is 5.39 Å². The average molecular weight is 300 g/mol. The van der Waals surface area contributed by atoms with E-state index >= 15 is 0 Å². The Bertz CT molecular complexity index is 866. The van der Waals surface area contributed by atoms with Crippen molar-refractivity contribution in [2.45, 2.75) is 37.1 Å². The van der Waals surface area contributed by atoms with Gasteiger partial charge in [-0.05, 0) is 25.3 Å². The number of aromatic nitrogens is 3. The first kappa shape index (κ1) is 13.2. The number of hydrogen-bond acceptors (Lipinski definition) is 5. The Kier molecular flexibility index (Phi) is 2.32. The van der Waals surface area contributed by atoms with Gasteiger partial charge in [-0.15, -0.1) is 0 Å². The second-order valence-electron chi connectivity index (χ2n) is 6.63. The molecule has 0 aliphatic heterocycles. The molecule has 3 aliphatic rings. The topological polar surface area (TPSA) is 97.1 Å². The Hall–Kier alpha value is -2.44. The highest BCUT2D eigenvalue weighted by Gasteiger charge is 2.69. The van der Waals surface area contributed by atoms with E-state index in [1.165, 1.54) is 17.8 Å². The summed E-state index contributed by atoms with van der Waals surface area (Å²) in [6.07, 6.45) is 3.56. The molecule has 7 heteroatoms. The van der Waals surface area contributed by atoms with Crippen LogP contribution in [0.3, 0.4) is 0 Å². The molecule has 0 saturated heterocycles. The van der Waals surface area contributed by atoms with Crippen LogP contribution in [0.2, 0.25) is 0 Å². The molecule has 3 fully saturated rings. The van der Waals surface area contributed by atoms with Crippen LogP contribution in [0.4, 0.5) is 0 Å². The summed E-state index contributed by atoms with van der Waals surface area (Å²) in [6, 6.07) is 1.71. The third-order valence-corrected chi connectivity index (χ3v) is 5.03. The van der Waals surface area contributed by atoms with Crippen LogP contribution in [0.1, 0.15) is 31.7 Å². The highest BCUT2D eigenvalue weighted by Crippen LogP contribution is 2.67. The van der Waals surface area contributed by atoms with Crippen molar-refractivity contribution >= 4 is 16.9 Å². The predicted molar refractivity (Wildman–Crippen MR) is 78.5 cm³/mol. The van der Waals surface area contributed by atoms with Crippen LogP contribution >= 0.6 is 0 Å². The summed E-state index contributed by atoms with van der Waals surface area (Å²) in [5, 5.41) is 13.4. The highest BCUT2D eigenvalue weighted by atomic mass is 16.3. The molecule has 0 atom stereocenters. The molecule has 2 aromatic rings. The van der Waals surface area contributed by atoms with Crippen molar-refractivity contribution in [1.82, 2.24) is 19.9 Å². The Balaban J connectivity index is 1.79. The molecule has 22 heavy (non-hydrogen) atoms. The first-order chi connectivity index (χ1) is 10.4. The minimum atomic E-state index is -0.187. The van der Waals surface area contributed by atoms with Gasteiger partial charge in [0, 0.05) is 30.5 Å². The number of fused-ring (bicyclic) bond motifs is 1. The van der Waals surface area contributed by atoms with E-state index in [1.54, 1.807) is 13.1 Å². The molecular weight excluding hydrogens is 284 g/mol. The molecule has 3 saturated carbocycles. The van der Waals surface area contributed by atoms with E-state index in [-0.39, 0.29) is 28.3 Å². The third-order valence-electron chi connectivity index (χ3n) is 5.03.